The molecule has 3 heterocycles. The van der Waals surface area contributed by atoms with Gasteiger partial charge in [-0.15, -0.1) is 0 Å². The highest BCUT2D eigenvalue weighted by atomic mass is 33.1. The topological polar surface area (TPSA) is 208 Å². The minimum Gasteiger partial charge on any atom is -0.462 e. The molecule has 8 N–H and O–H groups in total. The van der Waals surface area contributed by atoms with E-state index in [1.165, 1.54) is 12.2 Å². The fraction of sp³-hybridized carbons (Fsp3) is 0.731. The minimum absolute atomic E-state index is 0.0856. The Morgan fingerprint density at radius 1 is 0.878 bits per heavy atom. The first-order valence-corrected chi connectivity index (χ1v) is 16.0. The van der Waals surface area contributed by atoms with E-state index in [0.29, 0.717) is 17.4 Å². The molecular formula is C26H39NO12S2. The predicted octanol–water partition coefficient (Wildman–Crippen LogP) is -0.658. The number of amides is 1. The number of carbonyl (C=O) groups excluding carboxylic acids is 1. The Labute approximate surface area is 245 Å². The Bertz CT molecular complexity index is 951. The van der Waals surface area contributed by atoms with Gasteiger partial charge in [-0.25, -0.2) is 0 Å². The van der Waals surface area contributed by atoms with E-state index in [4.69, 9.17) is 18.9 Å². The van der Waals surface area contributed by atoms with Crippen molar-refractivity contribution in [2.75, 3.05) is 24.3 Å². The van der Waals surface area contributed by atoms with Crippen molar-refractivity contribution in [1.29, 1.82) is 0 Å². The molecule has 15 heteroatoms. The summed E-state index contributed by atoms with van der Waals surface area (Å²) in [7, 11) is 3.85. The molecule has 232 valence electrons. The van der Waals surface area contributed by atoms with Crippen LogP contribution in [0.2, 0.25) is 0 Å². The summed E-state index contributed by atoms with van der Waals surface area (Å²) in [6.45, 7) is -1.35. The fourth-order valence-electron chi connectivity index (χ4n) is 4.85. The second kappa shape index (κ2) is 15.5. The highest BCUT2D eigenvalue weighted by Gasteiger charge is 2.51. The van der Waals surface area contributed by atoms with Gasteiger partial charge >= 0.3 is 0 Å². The van der Waals surface area contributed by atoms with E-state index in [9.17, 15) is 40.5 Å². The first kappa shape index (κ1) is 32.7. The normalized spacial score (nSPS) is 37.6. The van der Waals surface area contributed by atoms with Gasteiger partial charge in [-0.05, 0) is 43.5 Å². The van der Waals surface area contributed by atoms with Gasteiger partial charge in [0.2, 0.25) is 12.2 Å². The van der Waals surface area contributed by atoms with Gasteiger partial charge in [-0.2, -0.15) is 0 Å². The number of ether oxygens (including phenoxy) is 4. The minimum atomic E-state index is -1.75. The van der Waals surface area contributed by atoms with Crippen molar-refractivity contribution in [3.63, 3.8) is 0 Å². The lowest BCUT2D eigenvalue weighted by molar-refractivity contribution is -0.352. The van der Waals surface area contributed by atoms with E-state index in [2.05, 4.69) is 5.32 Å². The fourth-order valence-corrected chi connectivity index (χ4v) is 7.88. The third-order valence-electron chi connectivity index (χ3n) is 7.26. The molecular weight excluding hydrogens is 582 g/mol. The van der Waals surface area contributed by atoms with Crippen LogP contribution in [0.4, 0.5) is 5.69 Å². The standard InChI is InChI=1S/C26H39NO12S2/c28-11-16-19(31)20(32)22(34)26(37-16)39-24-17(12-29)38-25(23(35)21(24)33)36-14-7-5-13(6-8-14)27-18(30)4-2-1-3-15-9-10-40-41-15/h5-8,15-17,19-26,28-29,31-35H,1-4,9-12H2,(H,27,30)/t15?,16-,17-,19+,20+,21-,22-,23-,24-,25-,26+/m1/s1. The Hall–Kier alpha value is -1.21. The summed E-state index contributed by atoms with van der Waals surface area (Å²) in [4.78, 5) is 12.3. The molecule has 41 heavy (non-hydrogen) atoms. The number of hydrogen-bond donors (Lipinski definition) is 8. The van der Waals surface area contributed by atoms with Gasteiger partial charge in [-0.1, -0.05) is 28.0 Å². The van der Waals surface area contributed by atoms with Crippen molar-refractivity contribution in [2.45, 2.75) is 98.8 Å². The van der Waals surface area contributed by atoms with E-state index in [1.54, 1.807) is 24.3 Å². The molecule has 0 aliphatic carbocycles. The first-order valence-electron chi connectivity index (χ1n) is 13.6. The summed E-state index contributed by atoms with van der Waals surface area (Å²) in [5, 5.41) is 74.3. The van der Waals surface area contributed by atoms with Gasteiger partial charge < -0.3 is 60.0 Å². The molecule has 11 atom stereocenters. The molecule has 1 aromatic carbocycles. The Morgan fingerprint density at radius 3 is 2.22 bits per heavy atom. The van der Waals surface area contributed by atoms with Crippen molar-refractivity contribution in [3.8, 4) is 5.75 Å². The highest BCUT2D eigenvalue weighted by molar-refractivity contribution is 8.77. The zero-order chi connectivity index (χ0) is 29.5. The zero-order valence-corrected chi connectivity index (χ0v) is 23.9. The number of nitrogens with one attached hydrogen (secondary N) is 1. The predicted molar refractivity (Wildman–Crippen MR) is 149 cm³/mol. The van der Waals surface area contributed by atoms with Gasteiger partial charge in [-0.3, -0.25) is 4.79 Å². The van der Waals surface area contributed by atoms with Crippen LogP contribution in [0.3, 0.4) is 0 Å². The molecule has 0 radical (unpaired) electrons. The van der Waals surface area contributed by atoms with Crippen LogP contribution < -0.4 is 10.1 Å². The molecule has 1 amide bonds. The summed E-state index contributed by atoms with van der Waals surface area (Å²) in [6.07, 6.45) is -10.7. The molecule has 13 nitrogen and oxygen atoms in total. The first-order chi connectivity index (χ1) is 19.7. The van der Waals surface area contributed by atoms with E-state index in [1.807, 2.05) is 21.6 Å². The lowest BCUT2D eigenvalue weighted by atomic mass is 9.97. The molecule has 3 aliphatic rings. The van der Waals surface area contributed by atoms with Crippen LogP contribution in [-0.4, -0.2) is 127 Å². The average Bonchev–Trinajstić information content (AvgIpc) is 3.49. The number of aliphatic hydroxyl groups excluding tert-OH is 7. The molecule has 3 aliphatic heterocycles. The maximum Gasteiger partial charge on any atom is 0.229 e. The van der Waals surface area contributed by atoms with E-state index in [0.717, 1.165) is 19.3 Å². The maximum atomic E-state index is 12.3. The van der Waals surface area contributed by atoms with Gasteiger partial charge in [0.05, 0.1) is 13.2 Å². The Morgan fingerprint density at radius 2 is 1.56 bits per heavy atom. The number of hydrogen-bond acceptors (Lipinski definition) is 14. The summed E-state index contributed by atoms with van der Waals surface area (Å²) in [5.41, 5.74) is 0.566. The van der Waals surface area contributed by atoms with Crippen LogP contribution in [0, 0.1) is 0 Å². The zero-order valence-electron chi connectivity index (χ0n) is 22.3. The third-order valence-corrected chi connectivity index (χ3v) is 10.3. The Kier molecular flexibility index (Phi) is 12.4. The maximum absolute atomic E-state index is 12.3. The smallest absolute Gasteiger partial charge is 0.229 e. The number of aliphatic hydroxyl groups is 7. The van der Waals surface area contributed by atoms with Crippen molar-refractivity contribution >= 4 is 33.2 Å². The SMILES string of the molecule is O=C(CCCCC1CCSS1)Nc1ccc(O[C@@H]2O[C@H](CO)[C@@H](O[C@@H]3O[C@H](CO)[C@H](O)[C@H](O)[C@H]3O)[C@H](O)[C@H]2O)cc1. The van der Waals surface area contributed by atoms with Gasteiger partial charge in [0.15, 0.2) is 6.29 Å². The van der Waals surface area contributed by atoms with Crippen LogP contribution >= 0.6 is 21.6 Å². The summed E-state index contributed by atoms with van der Waals surface area (Å²) in [6, 6.07) is 6.36. The van der Waals surface area contributed by atoms with Crippen molar-refractivity contribution in [1.82, 2.24) is 0 Å². The number of benzene rings is 1. The molecule has 3 saturated heterocycles. The average molecular weight is 622 g/mol. The van der Waals surface area contributed by atoms with Crippen molar-refractivity contribution in [3.05, 3.63) is 24.3 Å². The van der Waals surface area contributed by atoms with Crippen LogP contribution in [0.15, 0.2) is 24.3 Å². The number of carbonyl (C=O) groups is 1. The summed E-state index contributed by atoms with van der Waals surface area (Å²) >= 11 is 0. The third kappa shape index (κ3) is 8.46. The lowest BCUT2D eigenvalue weighted by Gasteiger charge is -2.45. The summed E-state index contributed by atoms with van der Waals surface area (Å²) < 4.78 is 22.1. The second-order valence-electron chi connectivity index (χ2n) is 10.3. The number of unbranched alkanes of at least 4 members (excludes halogenated alkanes) is 1. The molecule has 1 unspecified atom stereocenters. The van der Waals surface area contributed by atoms with E-state index < -0.39 is 74.6 Å². The van der Waals surface area contributed by atoms with E-state index in [-0.39, 0.29) is 11.7 Å². The van der Waals surface area contributed by atoms with Crippen LogP contribution in [0.25, 0.3) is 0 Å². The second-order valence-corrected chi connectivity index (χ2v) is 13.1. The lowest BCUT2D eigenvalue weighted by Crippen LogP contribution is -2.65. The highest BCUT2D eigenvalue weighted by Crippen LogP contribution is 2.40. The molecule has 3 fully saturated rings. The number of rotatable bonds is 12. The molecule has 1 aromatic rings. The molecule has 0 spiro atoms. The Balaban J connectivity index is 1.27. The molecule has 0 bridgehead atoms. The summed E-state index contributed by atoms with van der Waals surface area (Å²) in [5.74, 6) is 1.37. The van der Waals surface area contributed by atoms with Gasteiger partial charge in [0.25, 0.3) is 0 Å². The molecule has 4 rings (SSSR count). The molecule has 0 saturated carbocycles. The van der Waals surface area contributed by atoms with Crippen molar-refractivity contribution in [2.24, 2.45) is 0 Å². The molecule has 0 aromatic heterocycles. The van der Waals surface area contributed by atoms with Crippen LogP contribution in [0.5, 0.6) is 5.75 Å². The van der Waals surface area contributed by atoms with Crippen LogP contribution in [0.1, 0.15) is 32.1 Å². The quantitative estimate of drug-likeness (QED) is 0.108. The van der Waals surface area contributed by atoms with Crippen molar-refractivity contribution < 1.29 is 59.5 Å². The van der Waals surface area contributed by atoms with E-state index >= 15 is 0 Å². The number of anilines is 1. The van der Waals surface area contributed by atoms with Gasteiger partial charge in [0.1, 0.15) is 54.6 Å². The monoisotopic (exact) mass is 621 g/mol. The van der Waals surface area contributed by atoms with Gasteiger partial charge in [0, 0.05) is 23.1 Å². The largest absolute Gasteiger partial charge is 0.462 e. The van der Waals surface area contributed by atoms with Crippen LogP contribution in [-0.2, 0) is 19.0 Å².